The molecular weight excluding hydrogens is 302 g/mol. The zero-order valence-electron chi connectivity index (χ0n) is 13.1. The summed E-state index contributed by atoms with van der Waals surface area (Å²) >= 11 is 0. The van der Waals surface area contributed by atoms with E-state index < -0.39 is 0 Å². The summed E-state index contributed by atoms with van der Waals surface area (Å²) in [5, 5.41) is 8.62. The smallest absolute Gasteiger partial charge is 0.0690 e. The Morgan fingerprint density at radius 3 is 2.00 bits per heavy atom. The maximum absolute atomic E-state index is 8.62. The number of benzene rings is 3. The van der Waals surface area contributed by atoms with Crippen LogP contribution in [-0.2, 0) is 6.42 Å². The lowest BCUT2D eigenvalue weighted by Crippen LogP contribution is -2.07. The van der Waals surface area contributed by atoms with Gasteiger partial charge in [-0.05, 0) is 30.0 Å². The zero-order valence-corrected chi connectivity index (χ0v) is 13.9. The van der Waals surface area contributed by atoms with Crippen molar-refractivity contribution < 1.29 is 0 Å². The lowest BCUT2D eigenvalue weighted by atomic mass is 9.92. The molecule has 23 heavy (non-hydrogen) atoms. The Morgan fingerprint density at radius 1 is 0.739 bits per heavy atom. The van der Waals surface area contributed by atoms with Crippen LogP contribution in [0.4, 0.5) is 0 Å². The predicted octanol–water partition coefficient (Wildman–Crippen LogP) is 5.42. The van der Waals surface area contributed by atoms with E-state index in [-0.39, 0.29) is 12.4 Å². The van der Waals surface area contributed by atoms with Crippen LogP contribution in [-0.4, -0.2) is 5.71 Å². The van der Waals surface area contributed by atoms with Gasteiger partial charge in [-0.15, -0.1) is 12.4 Å². The lowest BCUT2D eigenvalue weighted by Gasteiger charge is -2.13. The van der Waals surface area contributed by atoms with Gasteiger partial charge in [0.2, 0.25) is 0 Å². The highest BCUT2D eigenvalue weighted by Crippen LogP contribution is 2.19. The molecule has 0 aliphatic carbocycles. The summed E-state index contributed by atoms with van der Waals surface area (Å²) in [5.41, 5.74) is 6.23. The fourth-order valence-electron chi connectivity index (χ4n) is 2.73. The van der Waals surface area contributed by atoms with E-state index in [0.29, 0.717) is 5.71 Å². The molecule has 1 N–H and O–H groups in total. The summed E-state index contributed by atoms with van der Waals surface area (Å²) in [5.74, 6) is 0. The summed E-state index contributed by atoms with van der Waals surface area (Å²) < 4.78 is 0. The monoisotopic (exact) mass is 321 g/mol. The fraction of sp³-hybridized carbons (Fsp3) is 0.0952. The molecule has 0 fully saturated rings. The van der Waals surface area contributed by atoms with Gasteiger partial charge in [-0.3, -0.25) is 5.41 Å². The topological polar surface area (TPSA) is 23.9 Å². The van der Waals surface area contributed by atoms with Gasteiger partial charge in [0, 0.05) is 11.1 Å². The number of hydrogen-bond donors (Lipinski definition) is 1. The van der Waals surface area contributed by atoms with Crippen molar-refractivity contribution in [3.8, 4) is 0 Å². The first-order chi connectivity index (χ1) is 10.8. The van der Waals surface area contributed by atoms with Gasteiger partial charge in [-0.25, -0.2) is 0 Å². The Balaban J connectivity index is 0.00000192. The normalized spacial score (nSPS) is 9.96. The highest BCUT2D eigenvalue weighted by molar-refractivity contribution is 6.12. The molecule has 3 aromatic carbocycles. The van der Waals surface area contributed by atoms with Crippen LogP contribution < -0.4 is 0 Å². The SMILES string of the molecule is Cc1ccccc1C(=N)c1ccccc1Cc1ccccc1.Cl. The van der Waals surface area contributed by atoms with Crippen molar-refractivity contribution in [3.63, 3.8) is 0 Å². The molecule has 0 radical (unpaired) electrons. The molecular formula is C21H20ClN. The van der Waals surface area contributed by atoms with Crippen molar-refractivity contribution in [1.29, 1.82) is 5.41 Å². The van der Waals surface area contributed by atoms with Gasteiger partial charge >= 0.3 is 0 Å². The minimum atomic E-state index is 0. The molecule has 0 spiro atoms. The third-order valence-electron chi connectivity index (χ3n) is 3.94. The molecule has 0 amide bonds. The average molecular weight is 322 g/mol. The van der Waals surface area contributed by atoms with E-state index in [1.54, 1.807) is 0 Å². The van der Waals surface area contributed by atoms with Crippen molar-refractivity contribution in [2.24, 2.45) is 0 Å². The van der Waals surface area contributed by atoms with E-state index in [0.717, 1.165) is 23.1 Å². The first-order valence-electron chi connectivity index (χ1n) is 7.52. The van der Waals surface area contributed by atoms with Gasteiger partial charge in [0.1, 0.15) is 0 Å². The minimum absolute atomic E-state index is 0. The van der Waals surface area contributed by atoms with Crippen molar-refractivity contribution in [3.05, 3.63) is 107 Å². The number of hydrogen-bond acceptors (Lipinski definition) is 1. The van der Waals surface area contributed by atoms with E-state index in [2.05, 4.69) is 43.3 Å². The van der Waals surface area contributed by atoms with Crippen LogP contribution in [0.2, 0.25) is 0 Å². The molecule has 0 saturated carbocycles. The third-order valence-corrected chi connectivity index (χ3v) is 3.94. The Kier molecular flexibility index (Phi) is 5.72. The van der Waals surface area contributed by atoms with Crippen molar-refractivity contribution >= 4 is 18.1 Å². The molecule has 3 rings (SSSR count). The Hall–Kier alpha value is -2.38. The average Bonchev–Trinajstić information content (AvgIpc) is 2.56. The van der Waals surface area contributed by atoms with E-state index in [9.17, 15) is 0 Å². The maximum Gasteiger partial charge on any atom is 0.0690 e. The van der Waals surface area contributed by atoms with Crippen LogP contribution in [0.15, 0.2) is 78.9 Å². The van der Waals surface area contributed by atoms with Gasteiger partial charge in [-0.1, -0.05) is 78.9 Å². The highest BCUT2D eigenvalue weighted by atomic mass is 35.5. The van der Waals surface area contributed by atoms with Crippen LogP contribution in [0.1, 0.15) is 27.8 Å². The second kappa shape index (κ2) is 7.75. The molecule has 0 saturated heterocycles. The Bertz CT molecular complexity index is 794. The first kappa shape index (κ1) is 17.0. The molecule has 1 nitrogen and oxygen atoms in total. The van der Waals surface area contributed by atoms with E-state index in [1.165, 1.54) is 11.1 Å². The number of aryl methyl sites for hydroxylation is 1. The molecule has 0 bridgehead atoms. The highest BCUT2D eigenvalue weighted by Gasteiger charge is 2.11. The van der Waals surface area contributed by atoms with Gasteiger partial charge < -0.3 is 0 Å². The molecule has 0 unspecified atom stereocenters. The molecule has 116 valence electrons. The summed E-state index contributed by atoms with van der Waals surface area (Å²) in [7, 11) is 0. The van der Waals surface area contributed by atoms with Crippen LogP contribution >= 0.6 is 12.4 Å². The van der Waals surface area contributed by atoms with Gasteiger partial charge in [0.05, 0.1) is 5.71 Å². The molecule has 3 aromatic rings. The summed E-state index contributed by atoms with van der Waals surface area (Å²) in [6, 6.07) is 26.7. The predicted molar refractivity (Wildman–Crippen MR) is 100 cm³/mol. The van der Waals surface area contributed by atoms with E-state index in [4.69, 9.17) is 5.41 Å². The molecule has 0 atom stereocenters. The summed E-state index contributed by atoms with van der Waals surface area (Å²) in [6.45, 7) is 2.06. The second-order valence-electron chi connectivity index (χ2n) is 5.51. The largest absolute Gasteiger partial charge is 0.300 e. The zero-order chi connectivity index (χ0) is 15.4. The number of rotatable bonds is 4. The second-order valence-corrected chi connectivity index (χ2v) is 5.51. The lowest BCUT2D eigenvalue weighted by molar-refractivity contribution is 1.18. The van der Waals surface area contributed by atoms with Gasteiger partial charge in [-0.2, -0.15) is 0 Å². The molecule has 0 heterocycles. The number of halogens is 1. The van der Waals surface area contributed by atoms with E-state index >= 15 is 0 Å². The van der Waals surface area contributed by atoms with Crippen LogP contribution in [0.3, 0.4) is 0 Å². The molecule has 0 aliphatic heterocycles. The quantitative estimate of drug-likeness (QED) is 0.620. The number of nitrogens with one attached hydrogen (secondary N) is 1. The van der Waals surface area contributed by atoms with Crippen molar-refractivity contribution in [1.82, 2.24) is 0 Å². The summed E-state index contributed by atoms with van der Waals surface area (Å²) in [6.07, 6.45) is 0.852. The van der Waals surface area contributed by atoms with Crippen LogP contribution in [0.25, 0.3) is 0 Å². The Morgan fingerprint density at radius 2 is 1.30 bits per heavy atom. The third kappa shape index (κ3) is 3.88. The van der Waals surface area contributed by atoms with Gasteiger partial charge in [0.25, 0.3) is 0 Å². The minimum Gasteiger partial charge on any atom is -0.300 e. The maximum atomic E-state index is 8.62. The molecule has 2 heteroatoms. The molecule has 0 aliphatic rings. The van der Waals surface area contributed by atoms with Crippen molar-refractivity contribution in [2.75, 3.05) is 0 Å². The van der Waals surface area contributed by atoms with Crippen LogP contribution in [0, 0.1) is 12.3 Å². The molecule has 0 aromatic heterocycles. The standard InChI is InChI=1S/C21H19N.ClH/c1-16-9-5-7-13-19(16)21(22)20-14-8-6-12-18(20)15-17-10-3-2-4-11-17;/h2-14,22H,15H2,1H3;1H. The van der Waals surface area contributed by atoms with E-state index in [1.807, 2.05) is 42.5 Å². The van der Waals surface area contributed by atoms with Crippen LogP contribution in [0.5, 0.6) is 0 Å². The fourth-order valence-corrected chi connectivity index (χ4v) is 2.73. The first-order valence-corrected chi connectivity index (χ1v) is 7.52. The van der Waals surface area contributed by atoms with Gasteiger partial charge in [0.15, 0.2) is 0 Å². The Labute approximate surface area is 143 Å². The summed E-state index contributed by atoms with van der Waals surface area (Å²) in [4.78, 5) is 0. The van der Waals surface area contributed by atoms with Crippen molar-refractivity contribution in [2.45, 2.75) is 13.3 Å².